The van der Waals surface area contributed by atoms with Crippen LogP contribution in [0.3, 0.4) is 0 Å². The SMILES string of the molecule is CCOC(=O)CCNC(=O)C(c1ccccc1)N(CC)C(=O)C(CO)NC(=O)OC(C)(C)C. The number of nitrogens with one attached hydrogen (secondary N) is 2. The molecular formula is C23H35N3O7. The van der Waals surface area contributed by atoms with E-state index < -0.39 is 48.2 Å². The molecule has 1 aromatic carbocycles. The third-order valence-corrected chi connectivity index (χ3v) is 4.40. The molecule has 0 spiro atoms. The fourth-order valence-electron chi connectivity index (χ4n) is 3.03. The van der Waals surface area contributed by atoms with Crippen molar-refractivity contribution in [2.45, 2.75) is 58.7 Å². The number of benzene rings is 1. The van der Waals surface area contributed by atoms with Crippen molar-refractivity contribution in [3.8, 4) is 0 Å². The standard InChI is InChI=1S/C23H35N3O7/c1-6-26(21(30)17(15-27)25-22(31)33-23(3,4)5)19(16-11-9-8-10-12-16)20(29)24-14-13-18(28)32-7-2/h8-12,17,19,27H,6-7,13-15H2,1-5H3,(H,24,29)(H,25,31). The highest BCUT2D eigenvalue weighted by atomic mass is 16.6. The van der Waals surface area contributed by atoms with E-state index in [2.05, 4.69) is 10.6 Å². The lowest BCUT2D eigenvalue weighted by molar-refractivity contribution is -0.144. The minimum atomic E-state index is -1.31. The molecule has 0 heterocycles. The van der Waals surface area contributed by atoms with E-state index in [0.29, 0.717) is 5.56 Å². The molecule has 0 aliphatic rings. The molecule has 2 unspecified atom stereocenters. The van der Waals surface area contributed by atoms with Gasteiger partial charge in [0.25, 0.3) is 0 Å². The summed E-state index contributed by atoms with van der Waals surface area (Å²) in [5, 5.41) is 14.8. The van der Waals surface area contributed by atoms with E-state index in [0.717, 1.165) is 0 Å². The number of likely N-dealkylation sites (N-methyl/N-ethyl adjacent to an activating group) is 1. The van der Waals surface area contributed by atoms with E-state index in [-0.39, 0.29) is 26.1 Å². The summed E-state index contributed by atoms with van der Waals surface area (Å²) in [5.41, 5.74) is -0.251. The first-order valence-corrected chi connectivity index (χ1v) is 10.9. The van der Waals surface area contributed by atoms with Crippen LogP contribution in [0.15, 0.2) is 30.3 Å². The first-order chi connectivity index (χ1) is 15.5. The topological polar surface area (TPSA) is 134 Å². The number of aliphatic hydroxyl groups is 1. The van der Waals surface area contributed by atoms with E-state index in [9.17, 15) is 24.3 Å². The smallest absolute Gasteiger partial charge is 0.408 e. The van der Waals surface area contributed by atoms with Crippen LogP contribution in [0, 0.1) is 0 Å². The lowest BCUT2D eigenvalue weighted by Gasteiger charge is -2.33. The van der Waals surface area contributed by atoms with Crippen molar-refractivity contribution in [1.29, 1.82) is 0 Å². The highest BCUT2D eigenvalue weighted by Crippen LogP contribution is 2.22. The van der Waals surface area contributed by atoms with Gasteiger partial charge in [0.05, 0.1) is 19.6 Å². The summed E-state index contributed by atoms with van der Waals surface area (Å²) >= 11 is 0. The van der Waals surface area contributed by atoms with Crippen LogP contribution in [0.25, 0.3) is 0 Å². The summed E-state index contributed by atoms with van der Waals surface area (Å²) in [5.74, 6) is -1.60. The van der Waals surface area contributed by atoms with Gasteiger partial charge in [-0.15, -0.1) is 0 Å². The summed E-state index contributed by atoms with van der Waals surface area (Å²) in [7, 11) is 0. The Labute approximate surface area is 194 Å². The first kappa shape index (κ1) is 27.9. The monoisotopic (exact) mass is 465 g/mol. The number of carbonyl (C=O) groups is 4. The lowest BCUT2D eigenvalue weighted by Crippen LogP contribution is -2.54. The van der Waals surface area contributed by atoms with Crippen molar-refractivity contribution in [2.75, 3.05) is 26.3 Å². The van der Waals surface area contributed by atoms with Crippen LogP contribution in [0.1, 0.15) is 52.6 Å². The molecule has 0 saturated carbocycles. The number of alkyl carbamates (subject to hydrolysis) is 1. The van der Waals surface area contributed by atoms with Crippen LogP contribution in [-0.4, -0.2) is 71.8 Å². The third kappa shape index (κ3) is 9.48. The quantitative estimate of drug-likeness (QED) is 0.422. The van der Waals surface area contributed by atoms with E-state index in [1.807, 2.05) is 0 Å². The second-order valence-electron chi connectivity index (χ2n) is 8.16. The van der Waals surface area contributed by atoms with E-state index in [1.165, 1.54) is 4.90 Å². The fraction of sp³-hybridized carbons (Fsp3) is 0.565. The Hall–Kier alpha value is -3.14. The van der Waals surface area contributed by atoms with Gasteiger partial charge in [0.15, 0.2) is 0 Å². The Kier molecular flexibility index (Phi) is 11.3. The number of carbonyl (C=O) groups excluding carboxylic acids is 4. The number of hydrogen-bond donors (Lipinski definition) is 3. The Morgan fingerprint density at radius 3 is 2.24 bits per heavy atom. The molecule has 0 fully saturated rings. The van der Waals surface area contributed by atoms with Crippen LogP contribution < -0.4 is 10.6 Å². The Balaban J connectivity index is 3.08. The van der Waals surface area contributed by atoms with E-state index in [4.69, 9.17) is 9.47 Å². The first-order valence-electron chi connectivity index (χ1n) is 10.9. The molecule has 0 radical (unpaired) electrons. The van der Waals surface area contributed by atoms with Crippen molar-refractivity contribution in [2.24, 2.45) is 0 Å². The normalized spacial score (nSPS) is 12.8. The molecule has 10 nitrogen and oxygen atoms in total. The number of rotatable bonds is 11. The summed E-state index contributed by atoms with van der Waals surface area (Å²) in [6, 6.07) is 6.28. The Morgan fingerprint density at radius 1 is 1.09 bits per heavy atom. The number of amides is 3. The molecule has 184 valence electrons. The van der Waals surface area contributed by atoms with Gasteiger partial charge in [-0.1, -0.05) is 30.3 Å². The zero-order chi connectivity index (χ0) is 25.0. The van der Waals surface area contributed by atoms with Gasteiger partial charge < -0.3 is 30.1 Å². The lowest BCUT2D eigenvalue weighted by atomic mass is 10.0. The van der Waals surface area contributed by atoms with Gasteiger partial charge in [0, 0.05) is 13.1 Å². The predicted molar refractivity (Wildman–Crippen MR) is 121 cm³/mol. The van der Waals surface area contributed by atoms with Gasteiger partial charge in [0.2, 0.25) is 11.8 Å². The molecule has 33 heavy (non-hydrogen) atoms. The third-order valence-electron chi connectivity index (χ3n) is 4.40. The molecule has 1 rings (SSSR count). The van der Waals surface area contributed by atoms with Crippen molar-refractivity contribution in [3.05, 3.63) is 35.9 Å². The maximum absolute atomic E-state index is 13.2. The maximum Gasteiger partial charge on any atom is 0.408 e. The zero-order valence-corrected chi connectivity index (χ0v) is 19.9. The highest BCUT2D eigenvalue weighted by molar-refractivity contribution is 5.92. The number of esters is 1. The van der Waals surface area contributed by atoms with Crippen LogP contribution in [0.2, 0.25) is 0 Å². The molecule has 0 aromatic heterocycles. The summed E-state index contributed by atoms with van der Waals surface area (Å²) in [6.07, 6.45) is -0.873. The van der Waals surface area contributed by atoms with E-state index >= 15 is 0 Å². The minimum Gasteiger partial charge on any atom is -0.466 e. The highest BCUT2D eigenvalue weighted by Gasteiger charge is 2.35. The second-order valence-corrected chi connectivity index (χ2v) is 8.16. The van der Waals surface area contributed by atoms with Crippen LogP contribution >= 0.6 is 0 Å². The average molecular weight is 466 g/mol. The summed E-state index contributed by atoms with van der Waals surface area (Å²) in [6.45, 7) is 8.11. The number of nitrogens with zero attached hydrogens (tertiary/aromatic N) is 1. The Bertz CT molecular complexity index is 793. The molecule has 2 atom stereocenters. The van der Waals surface area contributed by atoms with Crippen LogP contribution in [-0.2, 0) is 23.9 Å². The van der Waals surface area contributed by atoms with Crippen molar-refractivity contribution in [3.63, 3.8) is 0 Å². The molecule has 3 amide bonds. The van der Waals surface area contributed by atoms with Gasteiger partial charge in [-0.25, -0.2) is 4.79 Å². The molecule has 3 N–H and O–H groups in total. The number of ether oxygens (including phenoxy) is 2. The zero-order valence-electron chi connectivity index (χ0n) is 19.9. The molecule has 0 bridgehead atoms. The van der Waals surface area contributed by atoms with Crippen molar-refractivity contribution >= 4 is 23.9 Å². The number of aliphatic hydroxyl groups excluding tert-OH is 1. The average Bonchev–Trinajstić information content (AvgIpc) is 2.74. The summed E-state index contributed by atoms with van der Waals surface area (Å²) in [4.78, 5) is 51.3. The molecule has 0 saturated heterocycles. The predicted octanol–water partition coefficient (Wildman–Crippen LogP) is 1.53. The number of hydrogen-bond acceptors (Lipinski definition) is 7. The van der Waals surface area contributed by atoms with Crippen LogP contribution in [0.5, 0.6) is 0 Å². The van der Waals surface area contributed by atoms with E-state index in [1.54, 1.807) is 65.0 Å². The minimum absolute atomic E-state index is 0.0133. The van der Waals surface area contributed by atoms with Gasteiger partial charge in [-0.05, 0) is 40.2 Å². The largest absolute Gasteiger partial charge is 0.466 e. The fourth-order valence-corrected chi connectivity index (χ4v) is 3.03. The van der Waals surface area contributed by atoms with Crippen molar-refractivity contribution in [1.82, 2.24) is 15.5 Å². The second kappa shape index (κ2) is 13.4. The Morgan fingerprint density at radius 2 is 1.73 bits per heavy atom. The van der Waals surface area contributed by atoms with Crippen LogP contribution in [0.4, 0.5) is 4.79 Å². The van der Waals surface area contributed by atoms with Gasteiger partial charge in [-0.3, -0.25) is 14.4 Å². The maximum atomic E-state index is 13.2. The van der Waals surface area contributed by atoms with Gasteiger partial charge in [-0.2, -0.15) is 0 Å². The van der Waals surface area contributed by atoms with Gasteiger partial charge >= 0.3 is 12.1 Å². The summed E-state index contributed by atoms with van der Waals surface area (Å²) < 4.78 is 10.0. The molecule has 1 aromatic rings. The molecule has 10 heteroatoms. The van der Waals surface area contributed by atoms with Crippen molar-refractivity contribution < 1.29 is 33.8 Å². The van der Waals surface area contributed by atoms with Gasteiger partial charge in [0.1, 0.15) is 17.7 Å². The molecule has 0 aliphatic heterocycles. The molecule has 0 aliphatic carbocycles. The molecular weight excluding hydrogens is 430 g/mol.